The smallest absolute Gasteiger partial charge is 0.00180 e. The Hall–Kier alpha value is -0.0400. The summed E-state index contributed by atoms with van der Waals surface area (Å²) in [4.78, 5) is 0. The van der Waals surface area contributed by atoms with Gasteiger partial charge in [0.2, 0.25) is 0 Å². The van der Waals surface area contributed by atoms with Crippen LogP contribution in [0.3, 0.4) is 0 Å². The third-order valence-corrected chi connectivity index (χ3v) is 3.32. The molecule has 2 saturated carbocycles. The first kappa shape index (κ1) is 6.66. The molecule has 1 nitrogen and oxygen atoms in total. The Morgan fingerprint density at radius 2 is 2.10 bits per heavy atom. The van der Waals surface area contributed by atoms with Gasteiger partial charge in [-0.1, -0.05) is 6.92 Å². The van der Waals surface area contributed by atoms with E-state index in [-0.39, 0.29) is 0 Å². The molecule has 0 heterocycles. The van der Waals surface area contributed by atoms with E-state index >= 15 is 0 Å². The molecule has 2 rings (SSSR count). The van der Waals surface area contributed by atoms with E-state index in [1.165, 1.54) is 25.8 Å². The van der Waals surface area contributed by atoms with Crippen LogP contribution in [0.4, 0.5) is 0 Å². The van der Waals surface area contributed by atoms with Crippen LogP contribution in [-0.4, -0.2) is 13.6 Å². The van der Waals surface area contributed by atoms with Crippen LogP contribution in [-0.2, 0) is 0 Å². The summed E-state index contributed by atoms with van der Waals surface area (Å²) in [6.07, 6.45) is 4.54. The normalized spacial score (nSPS) is 51.0. The molecule has 1 atom stereocenters. The summed E-state index contributed by atoms with van der Waals surface area (Å²) >= 11 is 0. The molecule has 0 aromatic heterocycles. The van der Waals surface area contributed by atoms with Gasteiger partial charge in [0.05, 0.1) is 0 Å². The van der Waals surface area contributed by atoms with Gasteiger partial charge in [-0.15, -0.1) is 0 Å². The van der Waals surface area contributed by atoms with Crippen molar-refractivity contribution < 1.29 is 0 Å². The number of hydrogen-bond acceptors (Lipinski definition) is 1. The summed E-state index contributed by atoms with van der Waals surface area (Å²) in [5.41, 5.74) is 0.850. The summed E-state index contributed by atoms with van der Waals surface area (Å²) in [6.45, 7) is 3.63. The topological polar surface area (TPSA) is 12.0 Å². The van der Waals surface area contributed by atoms with E-state index in [0.29, 0.717) is 0 Å². The SMILES string of the molecule is CNCC1CC12CC(C)C2. The van der Waals surface area contributed by atoms with Gasteiger partial charge in [0.15, 0.2) is 0 Å². The second-order valence-corrected chi connectivity index (χ2v) is 4.33. The monoisotopic (exact) mass is 139 g/mol. The summed E-state index contributed by atoms with van der Waals surface area (Å²) in [5, 5.41) is 3.27. The van der Waals surface area contributed by atoms with Crippen LogP contribution in [0, 0.1) is 17.3 Å². The van der Waals surface area contributed by atoms with E-state index in [2.05, 4.69) is 19.3 Å². The number of nitrogens with one attached hydrogen (secondary N) is 1. The first-order valence-electron chi connectivity index (χ1n) is 4.41. The second kappa shape index (κ2) is 1.97. The van der Waals surface area contributed by atoms with Crippen LogP contribution in [0.1, 0.15) is 26.2 Å². The van der Waals surface area contributed by atoms with E-state index in [4.69, 9.17) is 0 Å². The van der Waals surface area contributed by atoms with Crippen LogP contribution in [0.15, 0.2) is 0 Å². The molecule has 2 aliphatic carbocycles. The molecule has 1 spiro atoms. The minimum Gasteiger partial charge on any atom is -0.319 e. The molecule has 0 bridgehead atoms. The van der Waals surface area contributed by atoms with E-state index in [9.17, 15) is 0 Å². The van der Waals surface area contributed by atoms with Crippen LogP contribution in [0.2, 0.25) is 0 Å². The van der Waals surface area contributed by atoms with E-state index in [0.717, 1.165) is 17.3 Å². The minimum atomic E-state index is 0.850. The molecule has 0 aliphatic heterocycles. The lowest BCUT2D eigenvalue weighted by Crippen LogP contribution is -2.27. The highest BCUT2D eigenvalue weighted by molar-refractivity contribution is 5.09. The van der Waals surface area contributed by atoms with Crippen LogP contribution in [0.5, 0.6) is 0 Å². The standard InChI is InChI=1S/C9H17N/c1-7-3-9(4-7)5-8(9)6-10-2/h7-8,10H,3-6H2,1-2H3. The average molecular weight is 139 g/mol. The molecular formula is C9H17N. The zero-order chi connectivity index (χ0) is 7.19. The van der Waals surface area contributed by atoms with Crippen LogP contribution >= 0.6 is 0 Å². The third-order valence-electron chi connectivity index (χ3n) is 3.32. The highest BCUT2D eigenvalue weighted by Gasteiger charge is 2.59. The van der Waals surface area contributed by atoms with Crippen molar-refractivity contribution in [3.63, 3.8) is 0 Å². The van der Waals surface area contributed by atoms with E-state index < -0.39 is 0 Å². The zero-order valence-corrected chi connectivity index (χ0v) is 6.98. The fourth-order valence-electron chi connectivity index (χ4n) is 2.80. The van der Waals surface area contributed by atoms with Gasteiger partial charge in [-0.3, -0.25) is 0 Å². The van der Waals surface area contributed by atoms with Crippen molar-refractivity contribution in [2.45, 2.75) is 26.2 Å². The first-order valence-corrected chi connectivity index (χ1v) is 4.41. The van der Waals surface area contributed by atoms with Crippen LogP contribution < -0.4 is 5.32 Å². The largest absolute Gasteiger partial charge is 0.319 e. The van der Waals surface area contributed by atoms with Gasteiger partial charge in [-0.05, 0) is 50.1 Å². The predicted octanol–water partition coefficient (Wildman–Crippen LogP) is 1.64. The molecule has 0 saturated heterocycles. The predicted molar refractivity (Wildman–Crippen MR) is 42.9 cm³/mol. The number of rotatable bonds is 2. The molecule has 1 heteroatoms. The molecule has 2 aliphatic rings. The highest BCUT2D eigenvalue weighted by Crippen LogP contribution is 2.67. The lowest BCUT2D eigenvalue weighted by atomic mass is 9.71. The Morgan fingerprint density at radius 3 is 2.60 bits per heavy atom. The lowest BCUT2D eigenvalue weighted by molar-refractivity contribution is 0.165. The molecule has 0 aromatic carbocycles. The molecule has 0 aromatic rings. The maximum Gasteiger partial charge on any atom is -0.00180 e. The van der Waals surface area contributed by atoms with Crippen molar-refractivity contribution >= 4 is 0 Å². The van der Waals surface area contributed by atoms with Crippen LogP contribution in [0.25, 0.3) is 0 Å². The second-order valence-electron chi connectivity index (χ2n) is 4.33. The van der Waals surface area contributed by atoms with Crippen molar-refractivity contribution in [1.29, 1.82) is 0 Å². The van der Waals surface area contributed by atoms with Gasteiger partial charge >= 0.3 is 0 Å². The van der Waals surface area contributed by atoms with Gasteiger partial charge < -0.3 is 5.32 Å². The minimum absolute atomic E-state index is 0.850. The summed E-state index contributed by atoms with van der Waals surface area (Å²) in [6, 6.07) is 0. The molecule has 1 unspecified atom stereocenters. The van der Waals surface area contributed by atoms with Gasteiger partial charge in [0.25, 0.3) is 0 Å². The fourth-order valence-corrected chi connectivity index (χ4v) is 2.80. The molecule has 58 valence electrons. The highest BCUT2D eigenvalue weighted by atomic mass is 14.9. The summed E-state index contributed by atoms with van der Waals surface area (Å²) < 4.78 is 0. The average Bonchev–Trinajstić information content (AvgIpc) is 2.43. The zero-order valence-electron chi connectivity index (χ0n) is 6.98. The van der Waals surface area contributed by atoms with Crippen molar-refractivity contribution in [3.05, 3.63) is 0 Å². The maximum absolute atomic E-state index is 3.27. The van der Waals surface area contributed by atoms with Crippen molar-refractivity contribution in [2.75, 3.05) is 13.6 Å². The van der Waals surface area contributed by atoms with Crippen molar-refractivity contribution in [3.8, 4) is 0 Å². The van der Waals surface area contributed by atoms with E-state index in [1.54, 1.807) is 0 Å². The number of hydrogen-bond donors (Lipinski definition) is 1. The van der Waals surface area contributed by atoms with E-state index in [1.807, 2.05) is 0 Å². The molecule has 0 amide bonds. The fraction of sp³-hybridized carbons (Fsp3) is 1.00. The Labute approximate surface area is 63.2 Å². The van der Waals surface area contributed by atoms with Gasteiger partial charge in [0.1, 0.15) is 0 Å². The first-order chi connectivity index (χ1) is 4.77. The summed E-state index contributed by atoms with van der Waals surface area (Å²) in [7, 11) is 2.06. The quantitative estimate of drug-likeness (QED) is 0.613. The maximum atomic E-state index is 3.27. The Kier molecular flexibility index (Phi) is 1.31. The molecule has 10 heavy (non-hydrogen) atoms. The Balaban J connectivity index is 1.79. The molecular weight excluding hydrogens is 122 g/mol. The van der Waals surface area contributed by atoms with Gasteiger partial charge in [-0.2, -0.15) is 0 Å². The molecule has 2 fully saturated rings. The van der Waals surface area contributed by atoms with Crippen molar-refractivity contribution in [1.82, 2.24) is 5.32 Å². The Bertz CT molecular complexity index is 136. The molecule has 0 radical (unpaired) electrons. The van der Waals surface area contributed by atoms with Crippen molar-refractivity contribution in [2.24, 2.45) is 17.3 Å². The summed E-state index contributed by atoms with van der Waals surface area (Å²) in [5.74, 6) is 2.07. The molecule has 1 N–H and O–H groups in total. The van der Waals surface area contributed by atoms with Gasteiger partial charge in [-0.25, -0.2) is 0 Å². The Morgan fingerprint density at radius 1 is 1.40 bits per heavy atom. The third kappa shape index (κ3) is 0.800. The van der Waals surface area contributed by atoms with Gasteiger partial charge in [0, 0.05) is 0 Å². The lowest BCUT2D eigenvalue weighted by Gasteiger charge is -2.34.